The summed E-state index contributed by atoms with van der Waals surface area (Å²) in [4.78, 5) is 11.9. The molecule has 0 saturated carbocycles. The molecule has 2 rings (SSSR count). The van der Waals surface area contributed by atoms with Gasteiger partial charge in [-0.1, -0.05) is 0 Å². The van der Waals surface area contributed by atoms with Gasteiger partial charge in [0.1, 0.15) is 11.5 Å². The van der Waals surface area contributed by atoms with E-state index < -0.39 is 5.60 Å². The van der Waals surface area contributed by atoms with Crippen LogP contribution < -0.4 is 15.4 Å². The summed E-state index contributed by atoms with van der Waals surface area (Å²) in [7, 11) is 0. The van der Waals surface area contributed by atoms with Crippen LogP contribution in [0.3, 0.4) is 0 Å². The van der Waals surface area contributed by atoms with E-state index in [1.54, 1.807) is 49.6 Å². The molecule has 2 aromatic rings. The molecule has 6 nitrogen and oxygen atoms in total. The molecule has 0 aliphatic rings. The molecule has 6 heteroatoms. The molecule has 0 bridgehead atoms. The lowest BCUT2D eigenvalue weighted by atomic mass is 10.0. The maximum Gasteiger partial charge on any atom is 0.319 e. The van der Waals surface area contributed by atoms with E-state index in [1.165, 1.54) is 0 Å². The summed E-state index contributed by atoms with van der Waals surface area (Å²) in [5.74, 6) is 1.42. The molecule has 0 fully saturated rings. The first-order valence-corrected chi connectivity index (χ1v) is 7.51. The summed E-state index contributed by atoms with van der Waals surface area (Å²) in [6.45, 7) is 4.26. The quantitative estimate of drug-likeness (QED) is 0.733. The first kappa shape index (κ1) is 16.9. The second-order valence-corrected chi connectivity index (χ2v) is 5.52. The van der Waals surface area contributed by atoms with E-state index in [-0.39, 0.29) is 12.6 Å². The Balaban J connectivity index is 1.79. The van der Waals surface area contributed by atoms with Crippen LogP contribution in [0.1, 0.15) is 19.6 Å². The molecule has 0 aliphatic heterocycles. The number of hydrogen-bond donors (Lipinski definition) is 3. The molecule has 1 unspecified atom stereocenters. The van der Waals surface area contributed by atoms with Crippen molar-refractivity contribution in [1.29, 1.82) is 0 Å². The van der Waals surface area contributed by atoms with Crippen molar-refractivity contribution in [2.24, 2.45) is 0 Å². The van der Waals surface area contributed by atoms with Crippen molar-refractivity contribution >= 4 is 11.7 Å². The van der Waals surface area contributed by atoms with E-state index in [2.05, 4.69) is 10.6 Å². The molecule has 0 radical (unpaired) electrons. The van der Waals surface area contributed by atoms with E-state index >= 15 is 0 Å². The van der Waals surface area contributed by atoms with Gasteiger partial charge in [-0.3, -0.25) is 0 Å². The Morgan fingerprint density at radius 3 is 2.65 bits per heavy atom. The van der Waals surface area contributed by atoms with Crippen LogP contribution in [0.25, 0.3) is 0 Å². The zero-order chi connectivity index (χ0) is 16.7. The maximum absolute atomic E-state index is 11.9. The second kappa shape index (κ2) is 7.69. The first-order valence-electron chi connectivity index (χ1n) is 7.51. The third-order valence-electron chi connectivity index (χ3n) is 3.19. The normalized spacial score (nSPS) is 13.2. The van der Waals surface area contributed by atoms with Crippen LogP contribution in [-0.2, 0) is 6.42 Å². The monoisotopic (exact) mass is 318 g/mol. The van der Waals surface area contributed by atoms with Crippen molar-refractivity contribution < 1.29 is 19.1 Å². The Bertz CT molecular complexity index is 606. The van der Waals surface area contributed by atoms with Crippen LogP contribution in [0, 0.1) is 0 Å². The van der Waals surface area contributed by atoms with Gasteiger partial charge in [0.05, 0.1) is 18.5 Å². The van der Waals surface area contributed by atoms with Gasteiger partial charge in [0.15, 0.2) is 0 Å². The van der Waals surface area contributed by atoms with Gasteiger partial charge in [-0.25, -0.2) is 4.79 Å². The third-order valence-corrected chi connectivity index (χ3v) is 3.19. The molecule has 3 N–H and O–H groups in total. The fourth-order valence-electron chi connectivity index (χ4n) is 2.10. The average molecular weight is 318 g/mol. The predicted octanol–water partition coefficient (Wildman–Crippen LogP) is 2.79. The Morgan fingerprint density at radius 2 is 2.04 bits per heavy atom. The number of carbonyl (C=O) groups is 1. The molecule has 0 spiro atoms. The fraction of sp³-hybridized carbons (Fsp3) is 0.353. The zero-order valence-electron chi connectivity index (χ0n) is 13.3. The summed E-state index contributed by atoms with van der Waals surface area (Å²) in [6.07, 6.45) is 1.88. The van der Waals surface area contributed by atoms with Gasteiger partial charge in [0, 0.05) is 18.7 Å². The highest BCUT2D eigenvalue weighted by atomic mass is 16.5. The maximum atomic E-state index is 11.9. The molecule has 124 valence electrons. The molecule has 1 aromatic carbocycles. The Kier molecular flexibility index (Phi) is 5.65. The van der Waals surface area contributed by atoms with Crippen LogP contribution in [0.2, 0.25) is 0 Å². The largest absolute Gasteiger partial charge is 0.494 e. The molecule has 0 saturated heterocycles. The Hall–Kier alpha value is -2.47. The number of aliphatic hydroxyl groups is 1. The summed E-state index contributed by atoms with van der Waals surface area (Å²) in [5.41, 5.74) is -0.440. The van der Waals surface area contributed by atoms with Crippen molar-refractivity contribution in [3.05, 3.63) is 48.4 Å². The second-order valence-electron chi connectivity index (χ2n) is 5.52. The lowest BCUT2D eigenvalue weighted by molar-refractivity contribution is 0.0577. The topological polar surface area (TPSA) is 83.7 Å². The number of benzene rings is 1. The molecular formula is C17H22N2O4. The lowest BCUT2D eigenvalue weighted by Crippen LogP contribution is -2.43. The van der Waals surface area contributed by atoms with Crippen LogP contribution in [0.5, 0.6) is 5.75 Å². The number of carbonyl (C=O) groups excluding carboxylic acids is 1. The van der Waals surface area contributed by atoms with Crippen LogP contribution in [-0.4, -0.2) is 29.9 Å². The minimum Gasteiger partial charge on any atom is -0.494 e. The molecular weight excluding hydrogens is 296 g/mol. The van der Waals surface area contributed by atoms with Crippen molar-refractivity contribution in [1.82, 2.24) is 5.32 Å². The zero-order valence-corrected chi connectivity index (χ0v) is 13.3. The lowest BCUT2D eigenvalue weighted by Gasteiger charge is -2.22. The molecule has 1 aromatic heterocycles. The van der Waals surface area contributed by atoms with Crippen molar-refractivity contribution in [3.63, 3.8) is 0 Å². The molecule has 23 heavy (non-hydrogen) atoms. The van der Waals surface area contributed by atoms with Gasteiger partial charge in [0.25, 0.3) is 0 Å². The van der Waals surface area contributed by atoms with Crippen molar-refractivity contribution in [2.45, 2.75) is 25.9 Å². The summed E-state index contributed by atoms with van der Waals surface area (Å²) in [6, 6.07) is 10.2. The van der Waals surface area contributed by atoms with Gasteiger partial charge in [-0.15, -0.1) is 0 Å². The number of furan rings is 1. The van der Waals surface area contributed by atoms with Gasteiger partial charge < -0.3 is 24.9 Å². The number of nitrogens with one attached hydrogen (secondary N) is 2. The van der Waals surface area contributed by atoms with E-state index in [0.29, 0.717) is 24.5 Å². The Labute approximate surface area is 135 Å². The van der Waals surface area contributed by atoms with E-state index in [9.17, 15) is 9.90 Å². The number of amides is 2. The highest BCUT2D eigenvalue weighted by molar-refractivity contribution is 5.89. The van der Waals surface area contributed by atoms with Crippen molar-refractivity contribution in [2.75, 3.05) is 18.5 Å². The molecule has 1 atom stereocenters. The van der Waals surface area contributed by atoms with Crippen LogP contribution in [0.15, 0.2) is 47.1 Å². The van der Waals surface area contributed by atoms with Gasteiger partial charge in [-0.05, 0) is 50.2 Å². The van der Waals surface area contributed by atoms with Gasteiger partial charge in [-0.2, -0.15) is 0 Å². The smallest absolute Gasteiger partial charge is 0.319 e. The highest BCUT2D eigenvalue weighted by Gasteiger charge is 2.23. The van der Waals surface area contributed by atoms with Crippen LogP contribution >= 0.6 is 0 Å². The van der Waals surface area contributed by atoms with E-state index in [0.717, 1.165) is 5.75 Å². The number of rotatable bonds is 7. The highest BCUT2D eigenvalue weighted by Crippen LogP contribution is 2.16. The summed E-state index contributed by atoms with van der Waals surface area (Å²) >= 11 is 0. The van der Waals surface area contributed by atoms with Gasteiger partial charge >= 0.3 is 6.03 Å². The van der Waals surface area contributed by atoms with Crippen molar-refractivity contribution in [3.8, 4) is 5.75 Å². The molecule has 2 amide bonds. The SMILES string of the molecule is CCOc1ccc(NC(=O)NCC(C)(O)Cc2ccco2)cc1. The fourth-order valence-corrected chi connectivity index (χ4v) is 2.10. The van der Waals surface area contributed by atoms with E-state index in [4.69, 9.17) is 9.15 Å². The minimum absolute atomic E-state index is 0.108. The summed E-state index contributed by atoms with van der Waals surface area (Å²) in [5, 5.41) is 15.6. The Morgan fingerprint density at radius 1 is 1.30 bits per heavy atom. The van der Waals surface area contributed by atoms with E-state index in [1.807, 2.05) is 6.92 Å². The summed E-state index contributed by atoms with van der Waals surface area (Å²) < 4.78 is 10.5. The molecule has 0 aliphatic carbocycles. The van der Waals surface area contributed by atoms with Gasteiger partial charge in [0.2, 0.25) is 0 Å². The number of urea groups is 1. The number of hydrogen-bond acceptors (Lipinski definition) is 4. The molecule has 1 heterocycles. The first-order chi connectivity index (χ1) is 11.0. The standard InChI is InChI=1S/C17H22N2O4/c1-3-22-14-8-6-13(7-9-14)19-16(20)18-12-17(2,21)11-15-5-4-10-23-15/h4-10,21H,3,11-12H2,1-2H3,(H2,18,19,20). The predicted molar refractivity (Wildman–Crippen MR) is 87.7 cm³/mol. The number of anilines is 1. The van der Waals surface area contributed by atoms with Crippen LogP contribution in [0.4, 0.5) is 10.5 Å². The number of ether oxygens (including phenoxy) is 1. The minimum atomic E-state index is -1.09. The third kappa shape index (κ3) is 5.67. The average Bonchev–Trinajstić information content (AvgIpc) is 3.00.